The second kappa shape index (κ2) is 11.5. The van der Waals surface area contributed by atoms with Gasteiger partial charge in [-0.05, 0) is 0 Å². The van der Waals surface area contributed by atoms with Crippen LogP contribution in [0.4, 0.5) is 0 Å². The summed E-state index contributed by atoms with van der Waals surface area (Å²) in [7, 11) is 0. The number of aliphatic hydroxyl groups is 1. The molecular formula is C15H19NO10. The first-order valence-corrected chi connectivity index (χ1v) is 7.30. The van der Waals surface area contributed by atoms with Crippen molar-refractivity contribution in [3.8, 4) is 6.07 Å². The Balaban J connectivity index is 5.84. The zero-order chi connectivity index (χ0) is 20.3. The first kappa shape index (κ1) is 23.0. The predicted octanol–water partition coefficient (Wildman–Crippen LogP) is -1.20. The lowest BCUT2D eigenvalue weighted by atomic mass is 10.0. The first-order valence-electron chi connectivity index (χ1n) is 7.30. The van der Waals surface area contributed by atoms with E-state index in [1.807, 2.05) is 0 Å². The summed E-state index contributed by atoms with van der Waals surface area (Å²) in [5.41, 5.74) is 0. The van der Waals surface area contributed by atoms with Crippen molar-refractivity contribution in [3.63, 3.8) is 0 Å². The number of esters is 4. The Morgan fingerprint density at radius 1 is 0.962 bits per heavy atom. The smallest absolute Gasteiger partial charge is 0.321 e. The molecule has 0 aromatic carbocycles. The van der Waals surface area contributed by atoms with Crippen LogP contribution in [0, 0.1) is 11.3 Å². The summed E-state index contributed by atoms with van der Waals surface area (Å²) in [4.78, 5) is 56.7. The molecule has 26 heavy (non-hydrogen) atoms. The standard InChI is InChI=1S/C15H19NO10/c1-8(19)23-11(6-17)14(24-9(2)20)15(25-10(3)21)12(7-18)26-13(22)4-5-16/h7,11-12,14-15,17H,4,6H2,1-3H3/t11-,12-,14-,15-/m1/s1. The molecule has 0 aliphatic heterocycles. The lowest BCUT2D eigenvalue weighted by Crippen LogP contribution is -2.53. The molecule has 0 fully saturated rings. The van der Waals surface area contributed by atoms with Crippen LogP contribution in [0.1, 0.15) is 27.2 Å². The van der Waals surface area contributed by atoms with Crippen LogP contribution in [0.2, 0.25) is 0 Å². The third-order valence-corrected chi connectivity index (χ3v) is 2.74. The van der Waals surface area contributed by atoms with Crippen LogP contribution in [0.25, 0.3) is 0 Å². The van der Waals surface area contributed by atoms with Gasteiger partial charge in [-0.2, -0.15) is 5.26 Å². The van der Waals surface area contributed by atoms with Gasteiger partial charge in [-0.3, -0.25) is 24.0 Å². The van der Waals surface area contributed by atoms with Gasteiger partial charge in [-0.25, -0.2) is 0 Å². The molecule has 144 valence electrons. The second-order valence-electron chi connectivity index (χ2n) is 4.90. The van der Waals surface area contributed by atoms with Crippen molar-refractivity contribution in [3.05, 3.63) is 0 Å². The molecule has 1 N–H and O–H groups in total. The topological polar surface area (TPSA) is 166 Å². The molecule has 0 spiro atoms. The maximum Gasteiger partial charge on any atom is 0.321 e. The van der Waals surface area contributed by atoms with Crippen LogP contribution in [0.5, 0.6) is 0 Å². The number of aldehydes is 1. The fourth-order valence-corrected chi connectivity index (χ4v) is 1.91. The van der Waals surface area contributed by atoms with E-state index in [9.17, 15) is 29.1 Å². The number of aliphatic hydroxyl groups excluding tert-OH is 1. The highest BCUT2D eigenvalue weighted by Crippen LogP contribution is 2.18. The van der Waals surface area contributed by atoms with E-state index >= 15 is 0 Å². The molecule has 0 radical (unpaired) electrons. The maximum atomic E-state index is 11.5. The summed E-state index contributed by atoms with van der Waals surface area (Å²) >= 11 is 0. The van der Waals surface area contributed by atoms with Crippen molar-refractivity contribution in [2.75, 3.05) is 6.61 Å². The number of carbonyl (C=O) groups excluding carboxylic acids is 5. The highest BCUT2D eigenvalue weighted by atomic mass is 16.6. The van der Waals surface area contributed by atoms with Crippen molar-refractivity contribution in [2.45, 2.75) is 51.6 Å². The van der Waals surface area contributed by atoms with Crippen LogP contribution in [-0.4, -0.2) is 66.3 Å². The van der Waals surface area contributed by atoms with Crippen molar-refractivity contribution < 1.29 is 48.0 Å². The molecule has 11 nitrogen and oxygen atoms in total. The monoisotopic (exact) mass is 373 g/mol. The summed E-state index contributed by atoms with van der Waals surface area (Å²) in [6.45, 7) is 2.11. The van der Waals surface area contributed by atoms with Crippen LogP contribution in [0.3, 0.4) is 0 Å². The zero-order valence-corrected chi connectivity index (χ0v) is 14.4. The van der Waals surface area contributed by atoms with Gasteiger partial charge in [0.1, 0.15) is 6.42 Å². The van der Waals surface area contributed by atoms with Crippen LogP contribution in [-0.2, 0) is 42.9 Å². The second-order valence-corrected chi connectivity index (χ2v) is 4.90. The summed E-state index contributed by atoms with van der Waals surface area (Å²) in [5.74, 6) is -3.80. The number of ether oxygens (including phenoxy) is 4. The van der Waals surface area contributed by atoms with Crippen LogP contribution in [0.15, 0.2) is 0 Å². The molecule has 11 heteroatoms. The van der Waals surface area contributed by atoms with Gasteiger partial charge in [0.2, 0.25) is 0 Å². The molecule has 0 aromatic heterocycles. The van der Waals surface area contributed by atoms with E-state index in [0.29, 0.717) is 0 Å². The van der Waals surface area contributed by atoms with Gasteiger partial charge >= 0.3 is 23.9 Å². The molecule has 4 atom stereocenters. The van der Waals surface area contributed by atoms with Gasteiger partial charge in [0, 0.05) is 20.8 Å². The van der Waals surface area contributed by atoms with E-state index in [0.717, 1.165) is 20.8 Å². The number of carbonyl (C=O) groups is 5. The quantitative estimate of drug-likeness (QED) is 0.277. The fraction of sp³-hybridized carbons (Fsp3) is 0.600. The zero-order valence-electron chi connectivity index (χ0n) is 14.4. The van der Waals surface area contributed by atoms with Gasteiger partial charge in [0.05, 0.1) is 12.7 Å². The van der Waals surface area contributed by atoms with E-state index < -0.39 is 61.3 Å². The van der Waals surface area contributed by atoms with Crippen LogP contribution >= 0.6 is 0 Å². The Morgan fingerprint density at radius 3 is 1.85 bits per heavy atom. The number of hydrogen-bond acceptors (Lipinski definition) is 11. The molecule has 0 saturated carbocycles. The summed E-state index contributed by atoms with van der Waals surface area (Å²) in [6.07, 6.45) is -7.29. The minimum absolute atomic E-state index is 0.0849. The Kier molecular flexibility index (Phi) is 10.2. The SMILES string of the molecule is CC(=O)O[C@@H]([C@H](OC(C)=O)[C@@H](CO)OC(C)=O)[C@@H](C=O)OC(=O)CC#N. The van der Waals surface area contributed by atoms with Gasteiger partial charge in [-0.15, -0.1) is 0 Å². The predicted molar refractivity (Wildman–Crippen MR) is 79.9 cm³/mol. The lowest BCUT2D eigenvalue weighted by molar-refractivity contribution is -0.199. The summed E-state index contributed by atoms with van der Waals surface area (Å²) in [5, 5.41) is 17.9. The normalized spacial score (nSPS) is 14.6. The van der Waals surface area contributed by atoms with E-state index in [2.05, 4.69) is 0 Å². The first-order chi connectivity index (χ1) is 12.2. The van der Waals surface area contributed by atoms with Gasteiger partial charge in [0.15, 0.2) is 30.7 Å². The molecule has 0 unspecified atom stereocenters. The highest BCUT2D eigenvalue weighted by molar-refractivity contribution is 5.75. The molecule has 0 amide bonds. The van der Waals surface area contributed by atoms with Crippen molar-refractivity contribution >= 4 is 30.2 Å². The highest BCUT2D eigenvalue weighted by Gasteiger charge is 2.43. The number of rotatable bonds is 10. The number of nitrogens with zero attached hydrogens (tertiary/aromatic N) is 1. The maximum absolute atomic E-state index is 11.5. The van der Waals surface area contributed by atoms with E-state index in [-0.39, 0.29) is 6.29 Å². The Morgan fingerprint density at radius 2 is 1.46 bits per heavy atom. The van der Waals surface area contributed by atoms with Crippen LogP contribution < -0.4 is 0 Å². The van der Waals surface area contributed by atoms with Gasteiger partial charge in [0.25, 0.3) is 0 Å². The van der Waals surface area contributed by atoms with Crippen molar-refractivity contribution in [1.29, 1.82) is 5.26 Å². The Bertz CT molecular complexity index is 581. The van der Waals surface area contributed by atoms with E-state index in [1.165, 1.54) is 6.07 Å². The van der Waals surface area contributed by atoms with E-state index in [4.69, 9.17) is 24.2 Å². The number of nitriles is 1. The molecule has 0 rings (SSSR count). The molecule has 0 bridgehead atoms. The van der Waals surface area contributed by atoms with E-state index in [1.54, 1.807) is 0 Å². The minimum Gasteiger partial charge on any atom is -0.456 e. The average Bonchev–Trinajstić information content (AvgIpc) is 2.53. The van der Waals surface area contributed by atoms with Gasteiger partial charge in [-0.1, -0.05) is 0 Å². The molecule has 0 heterocycles. The Labute approximate surface area is 148 Å². The fourth-order valence-electron chi connectivity index (χ4n) is 1.91. The Hall–Kier alpha value is -3.00. The molecule has 0 saturated heterocycles. The lowest BCUT2D eigenvalue weighted by Gasteiger charge is -2.33. The average molecular weight is 373 g/mol. The van der Waals surface area contributed by atoms with Crippen molar-refractivity contribution in [1.82, 2.24) is 0 Å². The minimum atomic E-state index is -1.78. The summed E-state index contributed by atoms with van der Waals surface area (Å²) in [6, 6.07) is 1.51. The van der Waals surface area contributed by atoms with Crippen molar-refractivity contribution in [2.24, 2.45) is 0 Å². The van der Waals surface area contributed by atoms with Gasteiger partial charge < -0.3 is 24.1 Å². The molecule has 0 aliphatic rings. The summed E-state index contributed by atoms with van der Waals surface area (Å²) < 4.78 is 19.4. The third kappa shape index (κ3) is 8.20. The molecule has 0 aromatic rings. The molecule has 0 aliphatic carbocycles. The largest absolute Gasteiger partial charge is 0.456 e. The third-order valence-electron chi connectivity index (χ3n) is 2.74. The number of hydrogen-bond donors (Lipinski definition) is 1. The molecular weight excluding hydrogens is 354 g/mol.